The van der Waals surface area contributed by atoms with Crippen molar-refractivity contribution in [2.24, 2.45) is 11.1 Å². The molecule has 0 spiro atoms. The third kappa shape index (κ3) is 1.23. The van der Waals surface area contributed by atoms with Gasteiger partial charge in [-0.3, -0.25) is 0 Å². The first-order valence-corrected chi connectivity index (χ1v) is 3.80. The molecular weight excluding hydrogens is 141 g/mol. The summed E-state index contributed by atoms with van der Waals surface area (Å²) < 4.78 is 13.0. The topological polar surface area (TPSA) is 26.0 Å². The van der Waals surface area contributed by atoms with Gasteiger partial charge in [0.25, 0.3) is 0 Å². The molecule has 0 saturated heterocycles. The highest BCUT2D eigenvalue weighted by molar-refractivity contribution is 5.45. The van der Waals surface area contributed by atoms with E-state index in [9.17, 15) is 4.39 Å². The number of hydrogen-bond acceptors (Lipinski definition) is 1. The summed E-state index contributed by atoms with van der Waals surface area (Å²) in [7, 11) is 0. The van der Waals surface area contributed by atoms with Crippen LogP contribution < -0.4 is 5.73 Å². The molecule has 1 rings (SSSR count). The van der Waals surface area contributed by atoms with Gasteiger partial charge in [0.1, 0.15) is 5.83 Å². The maximum atomic E-state index is 13.0. The molecule has 1 aliphatic carbocycles. The van der Waals surface area contributed by atoms with E-state index < -0.39 is 0 Å². The van der Waals surface area contributed by atoms with E-state index in [0.29, 0.717) is 0 Å². The second kappa shape index (κ2) is 2.45. The van der Waals surface area contributed by atoms with E-state index in [1.807, 2.05) is 13.8 Å². The second-order valence-electron chi connectivity index (χ2n) is 3.46. The van der Waals surface area contributed by atoms with E-state index in [4.69, 9.17) is 5.73 Å². The van der Waals surface area contributed by atoms with Crippen LogP contribution in [0.25, 0.3) is 0 Å². The number of rotatable bonds is 1. The molecule has 0 heterocycles. The van der Waals surface area contributed by atoms with E-state index in [1.165, 1.54) is 6.08 Å². The lowest BCUT2D eigenvalue weighted by molar-refractivity contribution is 0.617. The fourth-order valence-electron chi connectivity index (χ4n) is 1.27. The van der Waals surface area contributed by atoms with Crippen molar-refractivity contribution < 1.29 is 4.39 Å². The Labute approximate surface area is 66.8 Å². The summed E-state index contributed by atoms with van der Waals surface area (Å²) in [6, 6.07) is -0.0845. The van der Waals surface area contributed by atoms with Crippen LogP contribution in [0.3, 0.4) is 0 Å². The second-order valence-corrected chi connectivity index (χ2v) is 3.46. The van der Waals surface area contributed by atoms with E-state index >= 15 is 0 Å². The third-order valence-electron chi connectivity index (χ3n) is 2.27. The van der Waals surface area contributed by atoms with Gasteiger partial charge in [-0.2, -0.15) is 0 Å². The predicted molar refractivity (Wildman–Crippen MR) is 44.7 cm³/mol. The van der Waals surface area contributed by atoms with Crippen LogP contribution in [-0.2, 0) is 0 Å². The van der Waals surface area contributed by atoms with Gasteiger partial charge < -0.3 is 5.73 Å². The molecule has 0 aliphatic heterocycles. The minimum atomic E-state index is -0.162. The molecule has 0 aromatic rings. The number of allylic oxidation sites excluding steroid dienone is 3. The van der Waals surface area contributed by atoms with Crippen molar-refractivity contribution >= 4 is 0 Å². The van der Waals surface area contributed by atoms with Gasteiger partial charge >= 0.3 is 0 Å². The molecule has 1 saturated carbocycles. The first-order chi connectivity index (χ1) is 5.01. The smallest absolute Gasteiger partial charge is 0.124 e. The van der Waals surface area contributed by atoms with Crippen LogP contribution >= 0.6 is 0 Å². The SMILES string of the molecule is C/C=C\C(F)=C1/C(N)C1(C)C. The Morgan fingerprint density at radius 3 is 2.36 bits per heavy atom. The molecule has 1 fully saturated rings. The zero-order chi connectivity index (χ0) is 8.65. The van der Waals surface area contributed by atoms with Gasteiger partial charge in [0.05, 0.1) is 0 Å². The quantitative estimate of drug-likeness (QED) is 0.617. The molecule has 0 radical (unpaired) electrons. The molecule has 1 nitrogen and oxygen atoms in total. The van der Waals surface area contributed by atoms with Crippen LogP contribution in [0.4, 0.5) is 4.39 Å². The maximum Gasteiger partial charge on any atom is 0.124 e. The molecule has 0 bridgehead atoms. The minimum Gasteiger partial charge on any atom is -0.323 e. The largest absolute Gasteiger partial charge is 0.323 e. The van der Waals surface area contributed by atoms with Crippen LogP contribution in [0, 0.1) is 5.41 Å². The Morgan fingerprint density at radius 2 is 2.09 bits per heavy atom. The molecule has 0 aromatic carbocycles. The lowest BCUT2D eigenvalue weighted by Gasteiger charge is -1.92. The van der Waals surface area contributed by atoms with Crippen molar-refractivity contribution in [1.82, 2.24) is 0 Å². The van der Waals surface area contributed by atoms with Crippen molar-refractivity contribution in [2.75, 3.05) is 0 Å². The highest BCUT2D eigenvalue weighted by atomic mass is 19.1. The van der Waals surface area contributed by atoms with Crippen molar-refractivity contribution in [3.63, 3.8) is 0 Å². The molecule has 1 unspecified atom stereocenters. The van der Waals surface area contributed by atoms with E-state index in [2.05, 4.69) is 0 Å². The number of hydrogen-bond donors (Lipinski definition) is 1. The average Bonchev–Trinajstić information content (AvgIpc) is 2.34. The Hall–Kier alpha value is -0.630. The molecule has 2 heteroatoms. The van der Waals surface area contributed by atoms with E-state index in [0.717, 1.165) is 5.57 Å². The Morgan fingerprint density at radius 1 is 1.64 bits per heavy atom. The summed E-state index contributed by atoms with van der Waals surface area (Å²) in [5.74, 6) is -0.162. The third-order valence-corrected chi connectivity index (χ3v) is 2.27. The zero-order valence-corrected chi connectivity index (χ0v) is 7.19. The minimum absolute atomic E-state index is 0.0845. The first-order valence-electron chi connectivity index (χ1n) is 3.80. The van der Waals surface area contributed by atoms with Gasteiger partial charge in [0.15, 0.2) is 0 Å². The molecule has 0 aromatic heterocycles. The summed E-state index contributed by atoms with van der Waals surface area (Å²) in [6.07, 6.45) is 3.15. The Balaban J connectivity index is 2.86. The first kappa shape index (κ1) is 8.47. The fourth-order valence-corrected chi connectivity index (χ4v) is 1.27. The molecular formula is C9H14FN. The van der Waals surface area contributed by atoms with Gasteiger partial charge in [-0.15, -0.1) is 0 Å². The normalized spacial score (nSPS) is 32.6. The molecule has 62 valence electrons. The van der Waals surface area contributed by atoms with Crippen molar-refractivity contribution in [3.05, 3.63) is 23.6 Å². The molecule has 1 aliphatic rings. The zero-order valence-electron chi connectivity index (χ0n) is 7.19. The van der Waals surface area contributed by atoms with Gasteiger partial charge in [-0.25, -0.2) is 4.39 Å². The predicted octanol–water partition coefficient (Wildman–Crippen LogP) is 2.15. The van der Waals surface area contributed by atoms with Crippen molar-refractivity contribution in [1.29, 1.82) is 0 Å². The molecule has 0 amide bonds. The molecule has 11 heavy (non-hydrogen) atoms. The summed E-state index contributed by atoms with van der Waals surface area (Å²) in [4.78, 5) is 0. The standard InChI is InChI=1S/C9H14FN/c1-4-5-6(10)7-8(11)9(7,2)3/h4-5,8H,11H2,1-3H3/b5-4-,7-6-. The summed E-state index contributed by atoms with van der Waals surface area (Å²) in [6.45, 7) is 5.70. The Kier molecular flexibility index (Phi) is 1.89. The van der Waals surface area contributed by atoms with Crippen LogP contribution in [0.2, 0.25) is 0 Å². The monoisotopic (exact) mass is 155 g/mol. The summed E-state index contributed by atoms with van der Waals surface area (Å²) in [5, 5.41) is 0. The van der Waals surface area contributed by atoms with Gasteiger partial charge in [0, 0.05) is 11.5 Å². The van der Waals surface area contributed by atoms with Gasteiger partial charge in [-0.05, 0) is 18.6 Å². The summed E-state index contributed by atoms with van der Waals surface area (Å²) >= 11 is 0. The van der Waals surface area contributed by atoms with E-state index in [1.54, 1.807) is 13.0 Å². The lowest BCUT2D eigenvalue weighted by atomic mass is 10.1. The maximum absolute atomic E-state index is 13.0. The molecule has 1 atom stereocenters. The fraction of sp³-hybridized carbons (Fsp3) is 0.556. The average molecular weight is 155 g/mol. The van der Waals surface area contributed by atoms with Crippen molar-refractivity contribution in [2.45, 2.75) is 26.8 Å². The molecule has 2 N–H and O–H groups in total. The highest BCUT2D eigenvalue weighted by Gasteiger charge is 2.51. The van der Waals surface area contributed by atoms with Gasteiger partial charge in [0.2, 0.25) is 0 Å². The summed E-state index contributed by atoms with van der Waals surface area (Å²) in [5.41, 5.74) is 6.27. The van der Waals surface area contributed by atoms with Crippen LogP contribution in [-0.4, -0.2) is 6.04 Å². The van der Waals surface area contributed by atoms with Crippen LogP contribution in [0.15, 0.2) is 23.6 Å². The lowest BCUT2D eigenvalue weighted by Crippen LogP contribution is -2.06. The van der Waals surface area contributed by atoms with Crippen molar-refractivity contribution in [3.8, 4) is 0 Å². The van der Waals surface area contributed by atoms with Crippen LogP contribution in [0.1, 0.15) is 20.8 Å². The highest BCUT2D eigenvalue weighted by Crippen LogP contribution is 2.51. The Bertz CT molecular complexity index is 226. The number of halogens is 1. The van der Waals surface area contributed by atoms with Crippen LogP contribution in [0.5, 0.6) is 0 Å². The van der Waals surface area contributed by atoms with E-state index in [-0.39, 0.29) is 17.3 Å². The number of nitrogens with two attached hydrogens (primary N) is 1. The van der Waals surface area contributed by atoms with Gasteiger partial charge in [-0.1, -0.05) is 19.9 Å².